The number of benzene rings is 1. The van der Waals surface area contributed by atoms with Gasteiger partial charge in [-0.05, 0) is 24.6 Å². The van der Waals surface area contributed by atoms with E-state index in [0.717, 1.165) is 25.2 Å². The first-order valence-electron chi connectivity index (χ1n) is 4.91. The van der Waals surface area contributed by atoms with Crippen LogP contribution in [0.2, 0.25) is 5.02 Å². The standard InChI is InChI=1S/C11H12ClN3/c12-9-2-1-8(6-13)11(5-9)15-4-3-10(14)7-15/h1-2,5,10H,3-4,7,14H2. The van der Waals surface area contributed by atoms with Crippen molar-refractivity contribution in [2.75, 3.05) is 18.0 Å². The zero-order valence-corrected chi connectivity index (χ0v) is 9.04. The highest BCUT2D eigenvalue weighted by atomic mass is 35.5. The molecule has 1 aliphatic heterocycles. The minimum atomic E-state index is 0.204. The van der Waals surface area contributed by atoms with E-state index in [1.807, 2.05) is 6.07 Å². The van der Waals surface area contributed by atoms with Crippen LogP contribution in [0, 0.1) is 11.3 Å². The summed E-state index contributed by atoms with van der Waals surface area (Å²) in [7, 11) is 0. The number of hydrogen-bond acceptors (Lipinski definition) is 3. The molecule has 1 atom stereocenters. The molecule has 78 valence electrons. The summed E-state index contributed by atoms with van der Waals surface area (Å²) in [6.07, 6.45) is 0.970. The minimum Gasteiger partial charge on any atom is -0.369 e. The summed E-state index contributed by atoms with van der Waals surface area (Å²) in [5.74, 6) is 0. The normalized spacial score (nSPS) is 20.3. The fraction of sp³-hybridized carbons (Fsp3) is 0.364. The van der Waals surface area contributed by atoms with Crippen molar-refractivity contribution in [3.05, 3.63) is 28.8 Å². The van der Waals surface area contributed by atoms with E-state index in [-0.39, 0.29) is 6.04 Å². The molecule has 1 saturated heterocycles. The molecule has 0 bridgehead atoms. The maximum Gasteiger partial charge on any atom is 0.101 e. The SMILES string of the molecule is N#Cc1ccc(Cl)cc1N1CCC(N)C1. The fourth-order valence-electron chi connectivity index (χ4n) is 1.87. The second-order valence-corrected chi connectivity index (χ2v) is 4.20. The molecule has 0 aliphatic carbocycles. The van der Waals surface area contributed by atoms with Gasteiger partial charge in [0.1, 0.15) is 6.07 Å². The summed E-state index contributed by atoms with van der Waals surface area (Å²) in [5.41, 5.74) is 7.40. The van der Waals surface area contributed by atoms with Crippen molar-refractivity contribution in [3.8, 4) is 6.07 Å². The first-order valence-corrected chi connectivity index (χ1v) is 5.28. The Morgan fingerprint density at radius 2 is 2.33 bits per heavy atom. The first-order chi connectivity index (χ1) is 7.20. The number of rotatable bonds is 1. The number of nitriles is 1. The van der Waals surface area contributed by atoms with Crippen LogP contribution in [0.15, 0.2) is 18.2 Å². The molecule has 15 heavy (non-hydrogen) atoms. The van der Waals surface area contributed by atoms with Gasteiger partial charge in [-0.25, -0.2) is 0 Å². The molecule has 1 aromatic rings. The Hall–Kier alpha value is -1.24. The van der Waals surface area contributed by atoms with Crippen LogP contribution < -0.4 is 10.6 Å². The molecule has 3 nitrogen and oxygen atoms in total. The Labute approximate surface area is 94.0 Å². The molecule has 0 amide bonds. The maximum atomic E-state index is 8.98. The van der Waals surface area contributed by atoms with Crippen LogP contribution in [0.3, 0.4) is 0 Å². The molecule has 0 radical (unpaired) electrons. The lowest BCUT2D eigenvalue weighted by Gasteiger charge is -2.19. The van der Waals surface area contributed by atoms with Crippen LogP contribution in [0.5, 0.6) is 0 Å². The van der Waals surface area contributed by atoms with Crippen molar-refractivity contribution in [1.82, 2.24) is 0 Å². The van der Waals surface area contributed by atoms with Crippen LogP contribution in [0.25, 0.3) is 0 Å². The summed E-state index contributed by atoms with van der Waals surface area (Å²) in [4.78, 5) is 2.12. The van der Waals surface area contributed by atoms with E-state index in [0.29, 0.717) is 10.6 Å². The summed E-state index contributed by atoms with van der Waals surface area (Å²) in [6, 6.07) is 7.70. The monoisotopic (exact) mass is 221 g/mol. The molecule has 2 N–H and O–H groups in total. The summed E-state index contributed by atoms with van der Waals surface area (Å²) in [5, 5.41) is 9.64. The highest BCUT2D eigenvalue weighted by molar-refractivity contribution is 6.30. The Kier molecular flexibility index (Phi) is 2.81. The Balaban J connectivity index is 2.34. The van der Waals surface area contributed by atoms with Gasteiger partial charge in [0, 0.05) is 24.2 Å². The topological polar surface area (TPSA) is 53.0 Å². The molecule has 2 rings (SSSR count). The van der Waals surface area contributed by atoms with Gasteiger partial charge in [-0.1, -0.05) is 11.6 Å². The number of halogens is 1. The van der Waals surface area contributed by atoms with E-state index in [2.05, 4.69) is 11.0 Å². The van der Waals surface area contributed by atoms with Crippen LogP contribution >= 0.6 is 11.6 Å². The van der Waals surface area contributed by atoms with Crippen molar-refractivity contribution < 1.29 is 0 Å². The Morgan fingerprint density at radius 3 is 2.93 bits per heavy atom. The number of hydrogen-bond donors (Lipinski definition) is 1. The van der Waals surface area contributed by atoms with Gasteiger partial charge in [-0.3, -0.25) is 0 Å². The third-order valence-corrected chi connectivity index (χ3v) is 2.88. The number of anilines is 1. The highest BCUT2D eigenvalue weighted by Gasteiger charge is 2.21. The molecule has 0 spiro atoms. The predicted molar refractivity (Wildman–Crippen MR) is 61.0 cm³/mol. The second-order valence-electron chi connectivity index (χ2n) is 3.77. The molecule has 0 aromatic heterocycles. The molecule has 0 saturated carbocycles. The Bertz CT molecular complexity index is 411. The average molecular weight is 222 g/mol. The quantitative estimate of drug-likeness (QED) is 0.786. The third kappa shape index (κ3) is 2.06. The van der Waals surface area contributed by atoms with E-state index in [4.69, 9.17) is 22.6 Å². The summed E-state index contributed by atoms with van der Waals surface area (Å²) >= 11 is 5.92. The third-order valence-electron chi connectivity index (χ3n) is 2.65. The maximum absolute atomic E-state index is 8.98. The van der Waals surface area contributed by atoms with Gasteiger partial charge < -0.3 is 10.6 Å². The zero-order valence-electron chi connectivity index (χ0n) is 8.28. The lowest BCUT2D eigenvalue weighted by atomic mass is 10.2. The smallest absolute Gasteiger partial charge is 0.101 e. The molecule has 1 fully saturated rings. The van der Waals surface area contributed by atoms with Crippen LogP contribution in [0.4, 0.5) is 5.69 Å². The second kappa shape index (κ2) is 4.09. The lowest BCUT2D eigenvalue weighted by molar-refractivity contribution is 0.752. The minimum absolute atomic E-state index is 0.204. The molecule has 1 aromatic carbocycles. The summed E-state index contributed by atoms with van der Waals surface area (Å²) < 4.78 is 0. The van der Waals surface area contributed by atoms with Crippen molar-refractivity contribution >= 4 is 17.3 Å². The van der Waals surface area contributed by atoms with Gasteiger partial charge in [-0.2, -0.15) is 5.26 Å². The van der Waals surface area contributed by atoms with Gasteiger partial charge >= 0.3 is 0 Å². The van der Waals surface area contributed by atoms with Crippen LogP contribution in [-0.4, -0.2) is 19.1 Å². The van der Waals surface area contributed by atoms with Gasteiger partial charge in [0.25, 0.3) is 0 Å². The largest absolute Gasteiger partial charge is 0.369 e. The average Bonchev–Trinajstić information content (AvgIpc) is 2.65. The molecular formula is C11H12ClN3. The van der Waals surface area contributed by atoms with Gasteiger partial charge in [0.2, 0.25) is 0 Å². The van der Waals surface area contributed by atoms with Gasteiger partial charge in [0.15, 0.2) is 0 Å². The van der Waals surface area contributed by atoms with Crippen LogP contribution in [0.1, 0.15) is 12.0 Å². The highest BCUT2D eigenvalue weighted by Crippen LogP contribution is 2.27. The van der Waals surface area contributed by atoms with E-state index < -0.39 is 0 Å². The molecule has 1 aliphatic rings. The van der Waals surface area contributed by atoms with E-state index in [1.165, 1.54) is 0 Å². The lowest BCUT2D eigenvalue weighted by Crippen LogP contribution is -2.26. The molecule has 4 heteroatoms. The van der Waals surface area contributed by atoms with Crippen molar-refractivity contribution in [2.45, 2.75) is 12.5 Å². The Morgan fingerprint density at radius 1 is 1.53 bits per heavy atom. The predicted octanol–water partition coefficient (Wildman–Crippen LogP) is 1.75. The number of nitrogens with zero attached hydrogens (tertiary/aromatic N) is 2. The first kappa shape index (κ1) is 10.3. The zero-order chi connectivity index (χ0) is 10.8. The molecule has 1 heterocycles. The van der Waals surface area contributed by atoms with Crippen LogP contribution in [-0.2, 0) is 0 Å². The molecule has 1 unspecified atom stereocenters. The van der Waals surface area contributed by atoms with E-state index in [1.54, 1.807) is 12.1 Å². The van der Waals surface area contributed by atoms with Crippen molar-refractivity contribution in [2.24, 2.45) is 5.73 Å². The van der Waals surface area contributed by atoms with Gasteiger partial charge in [-0.15, -0.1) is 0 Å². The van der Waals surface area contributed by atoms with Crippen molar-refractivity contribution in [1.29, 1.82) is 5.26 Å². The fourth-order valence-corrected chi connectivity index (χ4v) is 2.03. The van der Waals surface area contributed by atoms with Crippen molar-refractivity contribution in [3.63, 3.8) is 0 Å². The number of nitrogens with two attached hydrogens (primary N) is 1. The molecular weight excluding hydrogens is 210 g/mol. The van der Waals surface area contributed by atoms with E-state index in [9.17, 15) is 0 Å². The van der Waals surface area contributed by atoms with E-state index >= 15 is 0 Å². The summed E-state index contributed by atoms with van der Waals surface area (Å²) in [6.45, 7) is 1.70. The van der Waals surface area contributed by atoms with Gasteiger partial charge in [0.05, 0.1) is 11.3 Å².